The minimum atomic E-state index is 0. The monoisotopic (exact) mass is 334 g/mol. The zero-order valence-electron chi connectivity index (χ0n) is 13.3. The van der Waals surface area contributed by atoms with E-state index in [1.54, 1.807) is 0 Å². The molecule has 0 radical (unpaired) electrons. The molecule has 2 aromatic rings. The van der Waals surface area contributed by atoms with Crippen LogP contribution in [0, 0.1) is 0 Å². The van der Waals surface area contributed by atoms with Gasteiger partial charge in [0.15, 0.2) is 6.61 Å². The van der Waals surface area contributed by atoms with Crippen LogP contribution in [0.3, 0.4) is 0 Å². The SMILES string of the molecule is CNCC1CCCN1C(=O)COc1cccc2ccccc12.Cl. The molecule has 124 valence electrons. The fourth-order valence-corrected chi connectivity index (χ4v) is 3.16. The lowest BCUT2D eigenvalue weighted by Gasteiger charge is -2.24. The summed E-state index contributed by atoms with van der Waals surface area (Å²) in [7, 11) is 1.92. The number of amides is 1. The lowest BCUT2D eigenvalue weighted by molar-refractivity contribution is -0.134. The summed E-state index contributed by atoms with van der Waals surface area (Å²) in [5.74, 6) is 0.849. The first-order chi connectivity index (χ1) is 10.8. The topological polar surface area (TPSA) is 41.6 Å². The first-order valence-corrected chi connectivity index (χ1v) is 7.84. The van der Waals surface area contributed by atoms with Crippen LogP contribution in [0.2, 0.25) is 0 Å². The molecule has 1 saturated heterocycles. The van der Waals surface area contributed by atoms with Gasteiger partial charge in [0.05, 0.1) is 0 Å². The molecule has 3 rings (SSSR count). The van der Waals surface area contributed by atoms with E-state index in [2.05, 4.69) is 5.32 Å². The van der Waals surface area contributed by atoms with Crippen molar-refractivity contribution in [3.63, 3.8) is 0 Å². The van der Waals surface area contributed by atoms with Gasteiger partial charge in [0.25, 0.3) is 5.91 Å². The molecule has 1 aliphatic heterocycles. The van der Waals surface area contributed by atoms with E-state index in [4.69, 9.17) is 4.74 Å². The number of likely N-dealkylation sites (tertiary alicyclic amines) is 1. The fourth-order valence-electron chi connectivity index (χ4n) is 3.16. The Balaban J connectivity index is 0.00000192. The first-order valence-electron chi connectivity index (χ1n) is 7.84. The summed E-state index contributed by atoms with van der Waals surface area (Å²) in [5.41, 5.74) is 0. The van der Waals surface area contributed by atoms with Crippen molar-refractivity contribution in [1.29, 1.82) is 0 Å². The molecule has 2 aromatic carbocycles. The van der Waals surface area contributed by atoms with E-state index >= 15 is 0 Å². The maximum absolute atomic E-state index is 12.4. The molecule has 0 bridgehead atoms. The molecule has 0 aliphatic carbocycles. The molecular formula is C18H23ClN2O2. The van der Waals surface area contributed by atoms with E-state index in [0.29, 0.717) is 6.04 Å². The molecule has 1 unspecified atom stereocenters. The Morgan fingerprint density at radius 1 is 1.26 bits per heavy atom. The maximum Gasteiger partial charge on any atom is 0.260 e. The van der Waals surface area contributed by atoms with Crippen molar-refractivity contribution in [2.24, 2.45) is 0 Å². The lowest BCUT2D eigenvalue weighted by atomic mass is 10.1. The Morgan fingerprint density at radius 2 is 2.04 bits per heavy atom. The minimum Gasteiger partial charge on any atom is -0.483 e. The van der Waals surface area contributed by atoms with Gasteiger partial charge in [-0.1, -0.05) is 36.4 Å². The van der Waals surface area contributed by atoms with Gasteiger partial charge >= 0.3 is 0 Å². The highest BCUT2D eigenvalue weighted by atomic mass is 35.5. The third-order valence-electron chi connectivity index (χ3n) is 4.24. The van der Waals surface area contributed by atoms with Gasteiger partial charge < -0.3 is 15.0 Å². The second-order valence-corrected chi connectivity index (χ2v) is 5.71. The zero-order chi connectivity index (χ0) is 15.4. The number of nitrogens with one attached hydrogen (secondary N) is 1. The quantitative estimate of drug-likeness (QED) is 0.914. The van der Waals surface area contributed by atoms with Crippen molar-refractivity contribution in [1.82, 2.24) is 10.2 Å². The number of hydrogen-bond acceptors (Lipinski definition) is 3. The van der Waals surface area contributed by atoms with E-state index in [9.17, 15) is 4.79 Å². The Labute approximate surface area is 143 Å². The molecule has 5 heteroatoms. The summed E-state index contributed by atoms with van der Waals surface area (Å²) >= 11 is 0. The molecular weight excluding hydrogens is 312 g/mol. The van der Waals surface area contributed by atoms with Gasteiger partial charge in [-0.3, -0.25) is 4.79 Å². The van der Waals surface area contributed by atoms with E-state index in [1.807, 2.05) is 54.4 Å². The molecule has 4 nitrogen and oxygen atoms in total. The van der Waals surface area contributed by atoms with Gasteiger partial charge in [0.1, 0.15) is 5.75 Å². The van der Waals surface area contributed by atoms with Gasteiger partial charge in [0.2, 0.25) is 0 Å². The van der Waals surface area contributed by atoms with Gasteiger partial charge in [-0.15, -0.1) is 12.4 Å². The molecule has 1 atom stereocenters. The number of fused-ring (bicyclic) bond motifs is 1. The number of carbonyl (C=O) groups is 1. The highest BCUT2D eigenvalue weighted by Gasteiger charge is 2.28. The largest absolute Gasteiger partial charge is 0.483 e. The minimum absolute atomic E-state index is 0. The standard InChI is InChI=1S/C18H22N2O2.ClH/c1-19-12-15-8-5-11-20(15)18(21)13-22-17-10-4-7-14-6-2-3-9-16(14)17;/h2-4,6-7,9-10,15,19H,5,8,11-13H2,1H3;1H. The van der Waals surface area contributed by atoms with Crippen molar-refractivity contribution in [3.05, 3.63) is 42.5 Å². The number of nitrogens with zero attached hydrogens (tertiary/aromatic N) is 1. The molecule has 1 fully saturated rings. The fraction of sp³-hybridized carbons (Fsp3) is 0.389. The maximum atomic E-state index is 12.4. The van der Waals surface area contributed by atoms with Crippen LogP contribution in [-0.2, 0) is 4.79 Å². The second-order valence-electron chi connectivity index (χ2n) is 5.71. The molecule has 0 spiro atoms. The van der Waals surface area contributed by atoms with Crippen molar-refractivity contribution >= 4 is 29.1 Å². The number of ether oxygens (including phenoxy) is 1. The third-order valence-corrected chi connectivity index (χ3v) is 4.24. The van der Waals surface area contributed by atoms with Crippen LogP contribution < -0.4 is 10.1 Å². The summed E-state index contributed by atoms with van der Waals surface area (Å²) in [6.45, 7) is 1.79. The number of hydrogen-bond donors (Lipinski definition) is 1. The summed E-state index contributed by atoms with van der Waals surface area (Å²) in [4.78, 5) is 14.4. The van der Waals surface area contributed by atoms with Gasteiger partial charge in [-0.25, -0.2) is 0 Å². The van der Waals surface area contributed by atoms with Crippen LogP contribution in [-0.4, -0.2) is 43.6 Å². The van der Waals surface area contributed by atoms with Crippen molar-refractivity contribution in [2.45, 2.75) is 18.9 Å². The molecule has 1 amide bonds. The van der Waals surface area contributed by atoms with Crippen molar-refractivity contribution < 1.29 is 9.53 Å². The zero-order valence-corrected chi connectivity index (χ0v) is 14.1. The molecule has 23 heavy (non-hydrogen) atoms. The Bertz CT molecular complexity index is 657. The Kier molecular flexibility index (Phi) is 6.25. The first kappa shape index (κ1) is 17.6. The number of likely N-dealkylation sites (N-methyl/N-ethyl adjacent to an activating group) is 1. The number of benzene rings is 2. The van der Waals surface area contributed by atoms with Gasteiger partial charge in [-0.2, -0.15) is 0 Å². The molecule has 1 aliphatic rings. The predicted octanol–water partition coefficient (Wildman–Crippen LogP) is 2.85. The third kappa shape index (κ3) is 3.95. The normalized spacial score (nSPS) is 17.1. The number of rotatable bonds is 5. The molecule has 0 aromatic heterocycles. The lowest BCUT2D eigenvalue weighted by Crippen LogP contribution is -2.43. The van der Waals surface area contributed by atoms with E-state index in [1.165, 1.54) is 0 Å². The van der Waals surface area contributed by atoms with Crippen LogP contribution in [0.4, 0.5) is 0 Å². The van der Waals surface area contributed by atoms with E-state index in [-0.39, 0.29) is 24.9 Å². The summed E-state index contributed by atoms with van der Waals surface area (Å²) in [6.07, 6.45) is 2.15. The van der Waals surface area contributed by atoms with Gasteiger partial charge in [-0.05, 0) is 31.3 Å². The highest BCUT2D eigenvalue weighted by Crippen LogP contribution is 2.25. The van der Waals surface area contributed by atoms with Crippen molar-refractivity contribution in [2.75, 3.05) is 26.7 Å². The van der Waals surface area contributed by atoms with Crippen LogP contribution in [0.5, 0.6) is 5.75 Å². The van der Waals surface area contributed by atoms with Crippen LogP contribution in [0.15, 0.2) is 42.5 Å². The molecule has 1 heterocycles. The summed E-state index contributed by atoms with van der Waals surface area (Å²) in [5, 5.41) is 5.33. The van der Waals surface area contributed by atoms with Gasteiger partial charge in [0, 0.05) is 24.5 Å². The van der Waals surface area contributed by atoms with Crippen molar-refractivity contribution in [3.8, 4) is 5.75 Å². The number of carbonyl (C=O) groups excluding carboxylic acids is 1. The predicted molar refractivity (Wildman–Crippen MR) is 95.4 cm³/mol. The second kappa shape index (κ2) is 8.18. The number of halogens is 1. The highest BCUT2D eigenvalue weighted by molar-refractivity contribution is 5.88. The molecule has 0 saturated carbocycles. The Morgan fingerprint density at radius 3 is 2.87 bits per heavy atom. The average molecular weight is 335 g/mol. The smallest absolute Gasteiger partial charge is 0.260 e. The van der Waals surface area contributed by atoms with Crippen LogP contribution in [0.25, 0.3) is 10.8 Å². The molecule has 1 N–H and O–H groups in total. The van der Waals surface area contributed by atoms with E-state index < -0.39 is 0 Å². The van der Waals surface area contributed by atoms with Crippen LogP contribution in [0.1, 0.15) is 12.8 Å². The van der Waals surface area contributed by atoms with E-state index in [0.717, 1.165) is 42.5 Å². The average Bonchev–Trinajstić information content (AvgIpc) is 3.01. The van der Waals surface area contributed by atoms with Crippen LogP contribution >= 0.6 is 12.4 Å². The summed E-state index contributed by atoms with van der Waals surface area (Å²) in [6, 6.07) is 14.3. The summed E-state index contributed by atoms with van der Waals surface area (Å²) < 4.78 is 5.81. The Hall–Kier alpha value is -1.78.